The summed E-state index contributed by atoms with van der Waals surface area (Å²) >= 11 is 0. The molecule has 1 aromatic carbocycles. The Hall–Kier alpha value is -1.23. The maximum Gasteiger partial charge on any atom is 0.389 e. The lowest BCUT2D eigenvalue weighted by Gasteiger charge is -2.20. The van der Waals surface area contributed by atoms with Crippen LogP contribution in [-0.4, -0.2) is 24.2 Å². The molecule has 0 heterocycles. The molecule has 0 aliphatic rings. The van der Waals surface area contributed by atoms with Crippen LogP contribution in [-0.2, 0) is 6.54 Å². The first-order valence-corrected chi connectivity index (χ1v) is 6.04. The van der Waals surface area contributed by atoms with E-state index in [-0.39, 0.29) is 6.42 Å². The molecule has 0 saturated carbocycles. The van der Waals surface area contributed by atoms with Crippen LogP contribution in [0.4, 0.5) is 18.9 Å². The van der Waals surface area contributed by atoms with Crippen LogP contribution in [0.2, 0.25) is 0 Å². The molecule has 102 valence electrons. The molecule has 5 heteroatoms. The lowest BCUT2D eigenvalue weighted by molar-refractivity contribution is -0.136. The van der Waals surface area contributed by atoms with E-state index in [9.17, 15) is 13.2 Å². The summed E-state index contributed by atoms with van der Waals surface area (Å²) in [6, 6.07) is 7.42. The van der Waals surface area contributed by atoms with Gasteiger partial charge < -0.3 is 5.73 Å². The average molecular weight is 260 g/mol. The number of anilines is 1. The van der Waals surface area contributed by atoms with Crippen molar-refractivity contribution >= 4 is 5.69 Å². The summed E-state index contributed by atoms with van der Waals surface area (Å²) in [5, 5.41) is 0. The third-order valence-corrected chi connectivity index (χ3v) is 2.77. The van der Waals surface area contributed by atoms with Gasteiger partial charge in [0.2, 0.25) is 0 Å². The Morgan fingerprint density at radius 1 is 1.17 bits per heavy atom. The number of benzene rings is 1. The first kappa shape index (κ1) is 14.8. The second kappa shape index (κ2) is 6.64. The topological polar surface area (TPSA) is 29.3 Å². The van der Waals surface area contributed by atoms with Crippen LogP contribution in [0.3, 0.4) is 0 Å². The highest BCUT2D eigenvalue weighted by Gasteiger charge is 2.26. The fourth-order valence-corrected chi connectivity index (χ4v) is 1.73. The summed E-state index contributed by atoms with van der Waals surface area (Å²) in [4.78, 5) is 2.00. The van der Waals surface area contributed by atoms with Crippen LogP contribution in [0, 0.1) is 0 Å². The number of hydrogen-bond acceptors (Lipinski definition) is 2. The number of rotatable bonds is 6. The van der Waals surface area contributed by atoms with Crippen molar-refractivity contribution in [2.75, 3.05) is 18.8 Å². The number of nitrogen functional groups attached to an aromatic ring is 1. The molecule has 0 fully saturated rings. The Bertz CT molecular complexity index is 346. The van der Waals surface area contributed by atoms with Gasteiger partial charge in [-0.05, 0) is 37.2 Å². The molecule has 1 rings (SSSR count). The number of alkyl halides is 3. The maximum atomic E-state index is 12.0. The van der Waals surface area contributed by atoms with Crippen molar-refractivity contribution in [1.82, 2.24) is 4.90 Å². The second-order valence-electron chi connectivity index (χ2n) is 4.33. The summed E-state index contributed by atoms with van der Waals surface area (Å²) in [6.07, 6.45) is -4.63. The highest BCUT2D eigenvalue weighted by Crippen LogP contribution is 2.21. The van der Waals surface area contributed by atoms with Crippen LogP contribution < -0.4 is 5.73 Å². The zero-order valence-electron chi connectivity index (χ0n) is 10.5. The molecule has 0 bridgehead atoms. The summed E-state index contributed by atoms with van der Waals surface area (Å²) < 4.78 is 36.1. The SMILES string of the molecule is CCN(CCCC(F)(F)F)Cc1ccc(N)cc1. The summed E-state index contributed by atoms with van der Waals surface area (Å²) in [5.74, 6) is 0. The highest BCUT2D eigenvalue weighted by atomic mass is 19.4. The largest absolute Gasteiger partial charge is 0.399 e. The lowest BCUT2D eigenvalue weighted by Crippen LogP contribution is -2.25. The van der Waals surface area contributed by atoms with Crippen molar-refractivity contribution in [3.63, 3.8) is 0 Å². The van der Waals surface area contributed by atoms with E-state index in [1.807, 2.05) is 24.0 Å². The Labute approximate surface area is 106 Å². The molecule has 0 spiro atoms. The average Bonchev–Trinajstić information content (AvgIpc) is 2.29. The third-order valence-electron chi connectivity index (χ3n) is 2.77. The van der Waals surface area contributed by atoms with E-state index in [1.54, 1.807) is 12.1 Å². The van der Waals surface area contributed by atoms with Gasteiger partial charge in [0.25, 0.3) is 0 Å². The molecule has 0 aromatic heterocycles. The monoisotopic (exact) mass is 260 g/mol. The minimum Gasteiger partial charge on any atom is -0.399 e. The zero-order valence-corrected chi connectivity index (χ0v) is 10.5. The zero-order chi connectivity index (χ0) is 13.6. The van der Waals surface area contributed by atoms with E-state index < -0.39 is 12.6 Å². The summed E-state index contributed by atoms with van der Waals surface area (Å²) in [6.45, 7) is 3.81. The van der Waals surface area contributed by atoms with E-state index >= 15 is 0 Å². The van der Waals surface area contributed by atoms with Crippen molar-refractivity contribution in [3.8, 4) is 0 Å². The minimum absolute atomic E-state index is 0.145. The van der Waals surface area contributed by atoms with Crippen LogP contribution in [0.1, 0.15) is 25.3 Å². The molecule has 2 N–H and O–H groups in total. The number of nitrogens with two attached hydrogens (primary N) is 1. The third kappa shape index (κ3) is 5.91. The van der Waals surface area contributed by atoms with Crippen LogP contribution in [0.15, 0.2) is 24.3 Å². The van der Waals surface area contributed by atoms with Gasteiger partial charge in [-0.1, -0.05) is 19.1 Å². The minimum atomic E-state index is -4.05. The number of nitrogens with zero attached hydrogens (tertiary/aromatic N) is 1. The van der Waals surface area contributed by atoms with E-state index in [2.05, 4.69) is 0 Å². The van der Waals surface area contributed by atoms with Crippen molar-refractivity contribution < 1.29 is 13.2 Å². The Kier molecular flexibility index (Phi) is 5.47. The number of halogens is 3. The van der Waals surface area contributed by atoms with Gasteiger partial charge in [-0.15, -0.1) is 0 Å². The van der Waals surface area contributed by atoms with Gasteiger partial charge in [0, 0.05) is 18.7 Å². The predicted molar refractivity (Wildman–Crippen MR) is 67.1 cm³/mol. The molecule has 0 atom stereocenters. The van der Waals surface area contributed by atoms with Crippen molar-refractivity contribution in [1.29, 1.82) is 0 Å². The summed E-state index contributed by atoms with van der Waals surface area (Å²) in [5.41, 5.74) is 7.34. The Balaban J connectivity index is 2.40. The van der Waals surface area contributed by atoms with E-state index in [4.69, 9.17) is 5.73 Å². The maximum absolute atomic E-state index is 12.0. The van der Waals surface area contributed by atoms with Gasteiger partial charge in [-0.2, -0.15) is 13.2 Å². The quantitative estimate of drug-likeness (QED) is 0.794. The van der Waals surface area contributed by atoms with Crippen molar-refractivity contribution in [2.45, 2.75) is 32.5 Å². The van der Waals surface area contributed by atoms with Gasteiger partial charge in [0.05, 0.1) is 0 Å². The summed E-state index contributed by atoms with van der Waals surface area (Å²) in [7, 11) is 0. The molecule has 18 heavy (non-hydrogen) atoms. The van der Waals surface area contributed by atoms with Crippen molar-refractivity contribution in [3.05, 3.63) is 29.8 Å². The number of hydrogen-bond donors (Lipinski definition) is 1. The standard InChI is InChI=1S/C13H19F3N2/c1-2-18(9-3-8-13(14,15)16)10-11-4-6-12(17)7-5-11/h4-7H,2-3,8-10,17H2,1H3. The molecule has 0 radical (unpaired) electrons. The highest BCUT2D eigenvalue weighted by molar-refractivity contribution is 5.39. The molecular formula is C13H19F3N2. The normalized spacial score (nSPS) is 12.1. The second-order valence-corrected chi connectivity index (χ2v) is 4.33. The van der Waals surface area contributed by atoms with Gasteiger partial charge in [0.1, 0.15) is 0 Å². The molecule has 0 amide bonds. The first-order chi connectivity index (χ1) is 8.40. The van der Waals surface area contributed by atoms with Crippen LogP contribution in [0.25, 0.3) is 0 Å². The van der Waals surface area contributed by atoms with E-state index in [1.165, 1.54) is 0 Å². The fourth-order valence-electron chi connectivity index (χ4n) is 1.73. The van der Waals surface area contributed by atoms with Crippen LogP contribution in [0.5, 0.6) is 0 Å². The molecule has 0 unspecified atom stereocenters. The van der Waals surface area contributed by atoms with Gasteiger partial charge in [0.15, 0.2) is 0 Å². The Morgan fingerprint density at radius 3 is 2.28 bits per heavy atom. The van der Waals surface area contributed by atoms with Gasteiger partial charge in [-0.25, -0.2) is 0 Å². The molecule has 0 aliphatic carbocycles. The lowest BCUT2D eigenvalue weighted by atomic mass is 10.2. The predicted octanol–water partition coefficient (Wildman–Crippen LogP) is 3.43. The molecule has 2 nitrogen and oxygen atoms in total. The van der Waals surface area contributed by atoms with Gasteiger partial charge in [-0.3, -0.25) is 4.90 Å². The van der Waals surface area contributed by atoms with Crippen molar-refractivity contribution in [2.24, 2.45) is 0 Å². The van der Waals surface area contributed by atoms with E-state index in [0.717, 1.165) is 12.1 Å². The van der Waals surface area contributed by atoms with Crippen LogP contribution >= 0.6 is 0 Å². The van der Waals surface area contributed by atoms with E-state index in [0.29, 0.717) is 18.8 Å². The Morgan fingerprint density at radius 2 is 1.78 bits per heavy atom. The first-order valence-electron chi connectivity index (χ1n) is 6.04. The molecule has 0 aliphatic heterocycles. The fraction of sp³-hybridized carbons (Fsp3) is 0.538. The smallest absolute Gasteiger partial charge is 0.389 e. The molecular weight excluding hydrogens is 241 g/mol. The van der Waals surface area contributed by atoms with Gasteiger partial charge >= 0.3 is 6.18 Å². The molecule has 0 saturated heterocycles. The molecule has 1 aromatic rings.